The Morgan fingerprint density at radius 1 is 0.857 bits per heavy atom. The van der Waals surface area contributed by atoms with Crippen LogP contribution in [0.1, 0.15) is 44.9 Å². The molecular formula is C19H27NO8. The molecule has 0 aliphatic carbocycles. The van der Waals surface area contributed by atoms with Crippen LogP contribution in [-0.2, 0) is 38.2 Å². The van der Waals surface area contributed by atoms with Crippen molar-refractivity contribution in [2.24, 2.45) is 0 Å². The number of carbonyl (C=O) groups is 4. The van der Waals surface area contributed by atoms with E-state index in [1.54, 1.807) is 0 Å². The van der Waals surface area contributed by atoms with Gasteiger partial charge in [0.25, 0.3) is 11.8 Å². The van der Waals surface area contributed by atoms with Gasteiger partial charge in [0, 0.05) is 38.7 Å². The van der Waals surface area contributed by atoms with E-state index in [0.29, 0.717) is 63.8 Å². The highest BCUT2D eigenvalue weighted by Crippen LogP contribution is 2.12. The summed E-state index contributed by atoms with van der Waals surface area (Å²) in [7, 11) is 0. The van der Waals surface area contributed by atoms with Gasteiger partial charge < -0.3 is 19.0 Å². The maximum absolute atomic E-state index is 11.5. The first kappa shape index (κ1) is 23.8. The predicted molar refractivity (Wildman–Crippen MR) is 96.6 cm³/mol. The van der Waals surface area contributed by atoms with Gasteiger partial charge in [-0.05, 0) is 6.42 Å². The van der Waals surface area contributed by atoms with Crippen molar-refractivity contribution in [1.82, 2.24) is 5.06 Å². The minimum atomic E-state index is -0.698. The number of hydroxylamine groups is 2. The third kappa shape index (κ3) is 10.8. The third-order valence-electron chi connectivity index (χ3n) is 3.69. The Kier molecular flexibility index (Phi) is 12.5. The smallest absolute Gasteiger partial charge is 0.335 e. The maximum Gasteiger partial charge on any atom is 0.335 e. The van der Waals surface area contributed by atoms with Crippen molar-refractivity contribution in [3.63, 3.8) is 0 Å². The SMILES string of the molecule is C#CCCC(=O)CCCOCCOCCOCCC(=O)ON1C(=O)CCC1=O. The zero-order valence-corrected chi connectivity index (χ0v) is 16.0. The van der Waals surface area contributed by atoms with E-state index in [0.717, 1.165) is 0 Å². The van der Waals surface area contributed by atoms with Crippen LogP contribution in [0.4, 0.5) is 0 Å². The third-order valence-corrected chi connectivity index (χ3v) is 3.69. The fourth-order valence-corrected chi connectivity index (χ4v) is 2.21. The summed E-state index contributed by atoms with van der Waals surface area (Å²) in [4.78, 5) is 50.2. The molecule has 0 aromatic carbocycles. The van der Waals surface area contributed by atoms with Crippen LogP contribution in [0.2, 0.25) is 0 Å². The molecule has 9 nitrogen and oxygen atoms in total. The number of hydrogen-bond acceptors (Lipinski definition) is 8. The molecule has 0 aromatic rings. The van der Waals surface area contributed by atoms with E-state index in [-0.39, 0.29) is 31.7 Å². The summed E-state index contributed by atoms with van der Waals surface area (Å²) in [6, 6.07) is 0. The van der Waals surface area contributed by atoms with Crippen LogP contribution in [0.5, 0.6) is 0 Å². The van der Waals surface area contributed by atoms with E-state index in [4.69, 9.17) is 25.5 Å². The number of imide groups is 1. The monoisotopic (exact) mass is 397 g/mol. The van der Waals surface area contributed by atoms with Crippen LogP contribution in [0.25, 0.3) is 0 Å². The molecule has 0 bridgehead atoms. The summed E-state index contributed by atoms with van der Waals surface area (Å²) < 4.78 is 15.9. The molecule has 9 heteroatoms. The van der Waals surface area contributed by atoms with Gasteiger partial charge in [-0.15, -0.1) is 17.4 Å². The maximum atomic E-state index is 11.5. The number of rotatable bonds is 16. The number of Topliss-reactive ketones (excluding diaryl/α,β-unsaturated/α-hetero) is 1. The molecule has 1 saturated heterocycles. The van der Waals surface area contributed by atoms with Gasteiger partial charge in [0.05, 0.1) is 39.5 Å². The van der Waals surface area contributed by atoms with E-state index in [2.05, 4.69) is 5.92 Å². The fourth-order valence-electron chi connectivity index (χ4n) is 2.21. The van der Waals surface area contributed by atoms with Gasteiger partial charge in [-0.25, -0.2) is 4.79 Å². The number of amides is 2. The summed E-state index contributed by atoms with van der Waals surface area (Å²) in [5, 5.41) is 0.513. The molecule has 0 spiro atoms. The second-order valence-electron chi connectivity index (χ2n) is 5.98. The first-order valence-corrected chi connectivity index (χ1v) is 9.29. The highest BCUT2D eigenvalue weighted by molar-refractivity contribution is 6.01. The Morgan fingerprint density at radius 2 is 1.43 bits per heavy atom. The van der Waals surface area contributed by atoms with E-state index in [1.807, 2.05) is 0 Å². The van der Waals surface area contributed by atoms with Crippen LogP contribution in [0.3, 0.4) is 0 Å². The number of carbonyl (C=O) groups excluding carboxylic acids is 4. The minimum Gasteiger partial charge on any atom is -0.379 e. The molecule has 1 aliphatic heterocycles. The first-order valence-electron chi connectivity index (χ1n) is 9.29. The molecule has 0 radical (unpaired) electrons. The van der Waals surface area contributed by atoms with Crippen molar-refractivity contribution in [3.8, 4) is 12.3 Å². The molecule has 2 amide bonds. The van der Waals surface area contributed by atoms with Crippen LogP contribution in [-0.4, -0.2) is 68.3 Å². The fraction of sp³-hybridized carbons (Fsp3) is 0.684. The highest BCUT2D eigenvalue weighted by atomic mass is 16.7. The number of hydrogen-bond donors (Lipinski definition) is 0. The number of terminal acetylenes is 1. The molecule has 1 rings (SSSR count). The Morgan fingerprint density at radius 3 is 2.04 bits per heavy atom. The van der Waals surface area contributed by atoms with Crippen molar-refractivity contribution in [1.29, 1.82) is 0 Å². The predicted octanol–water partition coefficient (Wildman–Crippen LogP) is 0.796. The lowest BCUT2D eigenvalue weighted by Crippen LogP contribution is -2.32. The molecule has 0 saturated carbocycles. The second-order valence-corrected chi connectivity index (χ2v) is 5.98. The lowest BCUT2D eigenvalue weighted by Gasteiger charge is -2.12. The van der Waals surface area contributed by atoms with Crippen molar-refractivity contribution < 1.29 is 38.2 Å². The van der Waals surface area contributed by atoms with Crippen molar-refractivity contribution >= 4 is 23.6 Å². The Balaban J connectivity index is 1.85. The van der Waals surface area contributed by atoms with Gasteiger partial charge in [0.1, 0.15) is 5.78 Å². The van der Waals surface area contributed by atoms with E-state index < -0.39 is 17.8 Å². The quantitative estimate of drug-likeness (QED) is 0.214. The number of nitrogens with zero attached hydrogens (tertiary/aromatic N) is 1. The van der Waals surface area contributed by atoms with Crippen LogP contribution >= 0.6 is 0 Å². The van der Waals surface area contributed by atoms with Gasteiger partial charge in [0.15, 0.2) is 0 Å². The molecule has 1 aliphatic rings. The van der Waals surface area contributed by atoms with Crippen LogP contribution in [0.15, 0.2) is 0 Å². The lowest BCUT2D eigenvalue weighted by atomic mass is 10.1. The number of ketones is 1. The van der Waals surface area contributed by atoms with Crippen LogP contribution in [0, 0.1) is 12.3 Å². The average molecular weight is 397 g/mol. The highest BCUT2D eigenvalue weighted by Gasteiger charge is 2.32. The van der Waals surface area contributed by atoms with Gasteiger partial charge in [-0.1, -0.05) is 0 Å². The van der Waals surface area contributed by atoms with Gasteiger partial charge in [0.2, 0.25) is 0 Å². The standard InChI is InChI=1S/C19H27NO8/c1-2-3-5-16(21)6-4-10-25-12-14-27-15-13-26-11-9-19(24)28-20-17(22)7-8-18(20)23/h1H,3-15H2. The van der Waals surface area contributed by atoms with Crippen molar-refractivity contribution in [2.75, 3.05) is 39.6 Å². The summed E-state index contributed by atoms with van der Waals surface area (Å²) in [6.07, 6.45) is 7.19. The summed E-state index contributed by atoms with van der Waals surface area (Å²) in [5.74, 6) is 0.871. The molecule has 0 unspecified atom stereocenters. The molecule has 156 valence electrons. The largest absolute Gasteiger partial charge is 0.379 e. The van der Waals surface area contributed by atoms with Crippen molar-refractivity contribution in [2.45, 2.75) is 44.9 Å². The van der Waals surface area contributed by atoms with Gasteiger partial charge in [-0.3, -0.25) is 14.4 Å². The number of ether oxygens (including phenoxy) is 3. The van der Waals surface area contributed by atoms with Gasteiger partial charge >= 0.3 is 5.97 Å². The van der Waals surface area contributed by atoms with E-state index >= 15 is 0 Å². The zero-order valence-electron chi connectivity index (χ0n) is 16.0. The Labute approximate surface area is 164 Å². The summed E-state index contributed by atoms with van der Waals surface area (Å²) in [5.41, 5.74) is 0. The first-order chi connectivity index (χ1) is 13.5. The minimum absolute atomic E-state index is 0.0638. The molecule has 0 atom stereocenters. The molecule has 28 heavy (non-hydrogen) atoms. The van der Waals surface area contributed by atoms with Gasteiger partial charge in [-0.2, -0.15) is 0 Å². The van der Waals surface area contributed by atoms with E-state index in [1.165, 1.54) is 0 Å². The molecule has 1 heterocycles. The lowest BCUT2D eigenvalue weighted by molar-refractivity contribution is -0.198. The Hall–Kier alpha value is -2.28. The second kappa shape index (κ2) is 14.7. The summed E-state index contributed by atoms with van der Waals surface area (Å²) in [6.45, 7) is 2.04. The molecular weight excluding hydrogens is 370 g/mol. The molecule has 0 N–H and O–H groups in total. The van der Waals surface area contributed by atoms with Crippen molar-refractivity contribution in [3.05, 3.63) is 0 Å². The zero-order chi connectivity index (χ0) is 20.6. The topological polar surface area (TPSA) is 108 Å². The Bertz CT molecular complexity index is 553. The average Bonchev–Trinajstić information content (AvgIpc) is 2.99. The molecule has 0 aromatic heterocycles. The normalized spacial score (nSPS) is 13.6. The molecule has 1 fully saturated rings. The van der Waals surface area contributed by atoms with E-state index in [9.17, 15) is 19.2 Å². The van der Waals surface area contributed by atoms with Crippen LogP contribution < -0.4 is 0 Å². The summed E-state index contributed by atoms with van der Waals surface area (Å²) >= 11 is 0.